The molecule has 0 bridgehead atoms. The van der Waals surface area contributed by atoms with E-state index in [2.05, 4.69) is 40.0 Å². The van der Waals surface area contributed by atoms with Gasteiger partial charge in [0.1, 0.15) is 11.4 Å². The van der Waals surface area contributed by atoms with E-state index in [1.807, 2.05) is 30.3 Å². The van der Waals surface area contributed by atoms with Crippen molar-refractivity contribution in [3.05, 3.63) is 53.9 Å². The molecule has 166 valence electrons. The van der Waals surface area contributed by atoms with Crippen LogP contribution in [0.3, 0.4) is 0 Å². The summed E-state index contributed by atoms with van der Waals surface area (Å²) < 4.78 is 5.49. The van der Waals surface area contributed by atoms with Crippen LogP contribution in [0.1, 0.15) is 42.7 Å². The first-order valence-electron chi connectivity index (χ1n) is 11.4. The average Bonchev–Trinajstić information content (AvgIpc) is 3.53. The van der Waals surface area contributed by atoms with Crippen LogP contribution in [0.5, 0.6) is 5.75 Å². The zero-order valence-corrected chi connectivity index (χ0v) is 18.9. The van der Waals surface area contributed by atoms with Crippen LogP contribution in [-0.4, -0.2) is 61.2 Å². The van der Waals surface area contributed by atoms with Gasteiger partial charge >= 0.3 is 0 Å². The summed E-state index contributed by atoms with van der Waals surface area (Å²) in [7, 11) is 1.69. The van der Waals surface area contributed by atoms with Crippen molar-refractivity contribution in [3.63, 3.8) is 0 Å². The van der Waals surface area contributed by atoms with Crippen LogP contribution in [0.15, 0.2) is 42.6 Å². The lowest BCUT2D eigenvalue weighted by Gasteiger charge is -2.36. The Labute approximate surface area is 185 Å². The Balaban J connectivity index is 1.39. The first kappa shape index (κ1) is 21.6. The minimum Gasteiger partial charge on any atom is -0.496 e. The summed E-state index contributed by atoms with van der Waals surface area (Å²) in [5, 5.41) is 3.26. The molecule has 4 rings (SSSR count). The molecule has 2 fully saturated rings. The summed E-state index contributed by atoms with van der Waals surface area (Å²) in [6, 6.07) is 12.0. The Hall–Kier alpha value is -2.60. The Morgan fingerprint density at radius 1 is 1.16 bits per heavy atom. The van der Waals surface area contributed by atoms with Gasteiger partial charge in [-0.3, -0.25) is 14.7 Å². The molecule has 1 amide bonds. The molecule has 1 aromatic heterocycles. The number of pyridine rings is 1. The Bertz CT molecular complexity index is 902. The summed E-state index contributed by atoms with van der Waals surface area (Å²) in [5.74, 6) is 1.47. The summed E-state index contributed by atoms with van der Waals surface area (Å²) in [4.78, 5) is 22.3. The molecule has 0 atom stereocenters. The lowest BCUT2D eigenvalue weighted by Crippen LogP contribution is -2.47. The number of benzene rings is 1. The summed E-state index contributed by atoms with van der Waals surface area (Å²) >= 11 is 0. The molecule has 1 aliphatic carbocycles. The first-order valence-corrected chi connectivity index (χ1v) is 11.4. The maximum Gasteiger partial charge on any atom is 0.270 e. The highest BCUT2D eigenvalue weighted by Gasteiger charge is 2.44. The van der Waals surface area contributed by atoms with E-state index < -0.39 is 0 Å². The van der Waals surface area contributed by atoms with Gasteiger partial charge in [-0.25, -0.2) is 0 Å². The van der Waals surface area contributed by atoms with Crippen molar-refractivity contribution in [2.45, 2.75) is 38.6 Å². The number of carbonyl (C=O) groups excluding carboxylic acids is 1. The number of hydrogen-bond acceptors (Lipinski definition) is 5. The van der Waals surface area contributed by atoms with Crippen molar-refractivity contribution in [1.82, 2.24) is 15.2 Å². The zero-order chi connectivity index (χ0) is 21.8. The third kappa shape index (κ3) is 5.37. The van der Waals surface area contributed by atoms with Gasteiger partial charge in [0.2, 0.25) is 0 Å². The number of nitrogens with one attached hydrogen (secondary N) is 1. The Morgan fingerprint density at radius 3 is 2.58 bits per heavy atom. The number of piperazine rings is 1. The Morgan fingerprint density at radius 2 is 1.90 bits per heavy atom. The molecule has 1 saturated carbocycles. The van der Waals surface area contributed by atoms with Gasteiger partial charge in [0.25, 0.3) is 5.91 Å². The SMILES string of the molecule is COc1ccccc1CC1(NC(=O)c2cc(N3CCN(CC(C)C)CC3)ccn2)CC1. The Kier molecular flexibility index (Phi) is 6.46. The van der Waals surface area contributed by atoms with Crippen molar-refractivity contribution < 1.29 is 9.53 Å². The monoisotopic (exact) mass is 422 g/mol. The molecule has 2 aliphatic rings. The highest BCUT2D eigenvalue weighted by molar-refractivity contribution is 5.94. The molecule has 1 saturated heterocycles. The zero-order valence-electron chi connectivity index (χ0n) is 18.9. The summed E-state index contributed by atoms with van der Waals surface area (Å²) in [6.07, 6.45) is 4.49. The van der Waals surface area contributed by atoms with E-state index in [-0.39, 0.29) is 11.4 Å². The number of anilines is 1. The van der Waals surface area contributed by atoms with Crippen LogP contribution in [0.2, 0.25) is 0 Å². The highest BCUT2D eigenvalue weighted by atomic mass is 16.5. The fourth-order valence-electron chi connectivity index (χ4n) is 4.46. The van der Waals surface area contributed by atoms with Crippen molar-refractivity contribution in [2.24, 2.45) is 5.92 Å². The number of carbonyl (C=O) groups is 1. The minimum absolute atomic E-state index is 0.0901. The predicted octanol–water partition coefficient (Wildman–Crippen LogP) is 3.37. The number of hydrogen-bond donors (Lipinski definition) is 1. The van der Waals surface area contributed by atoms with Gasteiger partial charge < -0.3 is 15.0 Å². The third-order valence-corrected chi connectivity index (χ3v) is 6.29. The predicted molar refractivity (Wildman–Crippen MR) is 124 cm³/mol. The van der Waals surface area contributed by atoms with Gasteiger partial charge in [-0.2, -0.15) is 0 Å². The lowest BCUT2D eigenvalue weighted by molar-refractivity contribution is 0.0926. The quantitative estimate of drug-likeness (QED) is 0.707. The largest absolute Gasteiger partial charge is 0.496 e. The van der Waals surface area contributed by atoms with Crippen molar-refractivity contribution in [1.29, 1.82) is 0 Å². The molecule has 2 heterocycles. The average molecular weight is 423 g/mol. The fourth-order valence-corrected chi connectivity index (χ4v) is 4.46. The van der Waals surface area contributed by atoms with E-state index in [0.29, 0.717) is 11.6 Å². The van der Waals surface area contributed by atoms with Crippen LogP contribution in [0.4, 0.5) is 5.69 Å². The number of nitrogens with zero attached hydrogens (tertiary/aromatic N) is 3. The van der Waals surface area contributed by atoms with Gasteiger partial charge in [-0.05, 0) is 48.9 Å². The van der Waals surface area contributed by atoms with Gasteiger partial charge in [0, 0.05) is 50.1 Å². The van der Waals surface area contributed by atoms with Gasteiger partial charge in [0.05, 0.1) is 7.11 Å². The number of rotatable bonds is 8. The van der Waals surface area contributed by atoms with E-state index >= 15 is 0 Å². The van der Waals surface area contributed by atoms with Crippen LogP contribution in [-0.2, 0) is 6.42 Å². The molecule has 0 radical (unpaired) electrons. The van der Waals surface area contributed by atoms with Crippen molar-refractivity contribution in [2.75, 3.05) is 44.7 Å². The molecule has 0 spiro atoms. The molecular formula is C25H34N4O2. The number of amides is 1. The van der Waals surface area contributed by atoms with Crippen molar-refractivity contribution in [3.8, 4) is 5.75 Å². The standard InChI is InChI=1S/C25H34N4O2/c1-19(2)18-28-12-14-29(15-13-28)21-8-11-26-22(16-21)24(30)27-25(9-10-25)17-20-6-4-5-7-23(20)31-3/h4-8,11,16,19H,9-10,12-15,17-18H2,1-3H3,(H,27,30). The van der Waals surface area contributed by atoms with Crippen LogP contribution in [0.25, 0.3) is 0 Å². The van der Waals surface area contributed by atoms with Crippen LogP contribution < -0.4 is 15.0 Å². The first-order chi connectivity index (χ1) is 15.0. The number of methoxy groups -OCH3 is 1. The normalized spacial score (nSPS) is 18.1. The second-order valence-electron chi connectivity index (χ2n) is 9.30. The molecule has 6 nitrogen and oxygen atoms in total. The highest BCUT2D eigenvalue weighted by Crippen LogP contribution is 2.40. The smallest absolute Gasteiger partial charge is 0.270 e. The van der Waals surface area contributed by atoms with Crippen LogP contribution in [0, 0.1) is 5.92 Å². The molecular weight excluding hydrogens is 388 g/mol. The van der Waals surface area contributed by atoms with E-state index in [0.717, 1.165) is 69.0 Å². The van der Waals surface area contributed by atoms with Crippen molar-refractivity contribution >= 4 is 11.6 Å². The number of aromatic nitrogens is 1. The third-order valence-electron chi connectivity index (χ3n) is 6.29. The maximum atomic E-state index is 13.0. The van der Waals surface area contributed by atoms with E-state index in [9.17, 15) is 4.79 Å². The van der Waals surface area contributed by atoms with Gasteiger partial charge in [-0.1, -0.05) is 32.0 Å². The van der Waals surface area contributed by atoms with E-state index in [1.165, 1.54) is 0 Å². The van der Waals surface area contributed by atoms with Crippen LogP contribution >= 0.6 is 0 Å². The molecule has 1 aliphatic heterocycles. The summed E-state index contributed by atoms with van der Waals surface area (Å²) in [6.45, 7) is 9.76. The second-order valence-corrected chi connectivity index (χ2v) is 9.30. The van der Waals surface area contributed by atoms with E-state index in [1.54, 1.807) is 13.3 Å². The minimum atomic E-state index is -0.189. The number of para-hydroxylation sites is 1. The topological polar surface area (TPSA) is 57.7 Å². The maximum absolute atomic E-state index is 13.0. The van der Waals surface area contributed by atoms with E-state index in [4.69, 9.17) is 4.74 Å². The lowest BCUT2D eigenvalue weighted by atomic mass is 10.0. The molecule has 0 unspecified atom stereocenters. The molecule has 31 heavy (non-hydrogen) atoms. The number of ether oxygens (including phenoxy) is 1. The van der Waals surface area contributed by atoms with Gasteiger partial charge in [0.15, 0.2) is 0 Å². The van der Waals surface area contributed by atoms with Gasteiger partial charge in [-0.15, -0.1) is 0 Å². The summed E-state index contributed by atoms with van der Waals surface area (Å²) in [5.41, 5.74) is 2.52. The fraction of sp³-hybridized carbons (Fsp3) is 0.520. The second kappa shape index (κ2) is 9.27. The molecule has 2 aromatic rings. The molecule has 6 heteroatoms. The molecule has 1 N–H and O–H groups in total. The molecule has 1 aromatic carbocycles.